The Morgan fingerprint density at radius 1 is 1.18 bits per heavy atom. The van der Waals surface area contributed by atoms with Crippen molar-refractivity contribution in [1.82, 2.24) is 14.7 Å². The first-order valence-electron chi connectivity index (χ1n) is 11.3. The lowest BCUT2D eigenvalue weighted by molar-refractivity contribution is 0.0392. The van der Waals surface area contributed by atoms with E-state index in [1.54, 1.807) is 16.8 Å². The minimum Gasteiger partial charge on any atom is -0.489 e. The molecule has 8 nitrogen and oxygen atoms in total. The summed E-state index contributed by atoms with van der Waals surface area (Å²) in [6.45, 7) is 6.70. The zero-order chi connectivity index (χ0) is 23.9. The number of ether oxygens (including phenoxy) is 2. The minimum atomic E-state index is -1.02. The molecule has 0 bridgehead atoms. The number of benzene rings is 2. The maximum absolute atomic E-state index is 12.0. The number of nitrogens with zero attached hydrogens (tertiary/aromatic N) is 4. The molecule has 0 atom stereocenters. The molecular weight excluding hydrogens is 456 g/mol. The van der Waals surface area contributed by atoms with Gasteiger partial charge in [0.25, 0.3) is 0 Å². The molecule has 0 unspecified atom stereocenters. The van der Waals surface area contributed by atoms with Crippen LogP contribution < -0.4 is 9.64 Å². The van der Waals surface area contributed by atoms with Crippen molar-refractivity contribution in [1.29, 1.82) is 0 Å². The van der Waals surface area contributed by atoms with Crippen LogP contribution in [0.1, 0.15) is 16.8 Å². The van der Waals surface area contributed by atoms with Crippen LogP contribution in [0.15, 0.2) is 54.6 Å². The van der Waals surface area contributed by atoms with Crippen LogP contribution in [0, 0.1) is 6.92 Å². The zero-order valence-corrected chi connectivity index (χ0v) is 19.9. The van der Waals surface area contributed by atoms with Gasteiger partial charge in [0.1, 0.15) is 12.4 Å². The molecule has 0 saturated carbocycles. The molecule has 2 aromatic carbocycles. The molecule has 1 aliphatic rings. The number of aromatic nitrogens is 2. The summed E-state index contributed by atoms with van der Waals surface area (Å²) in [7, 11) is 0. The molecule has 4 rings (SSSR count). The normalized spacial score (nSPS) is 14.2. The van der Waals surface area contributed by atoms with Gasteiger partial charge in [-0.1, -0.05) is 41.9 Å². The number of hydrogen-bond donors (Lipinski definition) is 1. The van der Waals surface area contributed by atoms with E-state index in [2.05, 4.69) is 10.00 Å². The van der Waals surface area contributed by atoms with Crippen LogP contribution >= 0.6 is 11.6 Å². The molecule has 1 saturated heterocycles. The van der Waals surface area contributed by atoms with Crippen LogP contribution in [0.3, 0.4) is 0 Å². The SMILES string of the molecule is Cc1cc(N(CCN2CCOCC2)C(=O)O)nn1Cc1cc(Cl)ccc1OCc1ccccc1. The van der Waals surface area contributed by atoms with E-state index in [0.29, 0.717) is 56.0 Å². The molecule has 1 aromatic heterocycles. The largest absolute Gasteiger partial charge is 0.489 e. The van der Waals surface area contributed by atoms with Crippen molar-refractivity contribution in [3.05, 3.63) is 76.4 Å². The number of anilines is 1. The molecule has 34 heavy (non-hydrogen) atoms. The highest BCUT2D eigenvalue weighted by Crippen LogP contribution is 2.26. The molecule has 9 heteroatoms. The van der Waals surface area contributed by atoms with E-state index in [1.165, 1.54) is 4.90 Å². The number of halogens is 1. The van der Waals surface area contributed by atoms with Crippen molar-refractivity contribution in [3.8, 4) is 5.75 Å². The van der Waals surface area contributed by atoms with Crippen molar-refractivity contribution >= 4 is 23.5 Å². The molecule has 2 heterocycles. The Morgan fingerprint density at radius 3 is 2.68 bits per heavy atom. The second-order valence-electron chi connectivity index (χ2n) is 8.22. The maximum atomic E-state index is 12.0. The molecule has 0 radical (unpaired) electrons. The van der Waals surface area contributed by atoms with Gasteiger partial charge in [0.05, 0.1) is 19.8 Å². The lowest BCUT2D eigenvalue weighted by Crippen LogP contribution is -2.43. The molecular formula is C25H29ClN4O4. The lowest BCUT2D eigenvalue weighted by Gasteiger charge is -2.28. The second kappa shape index (κ2) is 11.4. The number of morpholine rings is 1. The van der Waals surface area contributed by atoms with Crippen LogP contribution in [-0.4, -0.2) is 65.3 Å². The monoisotopic (exact) mass is 484 g/mol. The third-order valence-corrected chi connectivity index (χ3v) is 6.03. The van der Waals surface area contributed by atoms with E-state index in [4.69, 9.17) is 21.1 Å². The summed E-state index contributed by atoms with van der Waals surface area (Å²) in [5, 5.41) is 15.0. The summed E-state index contributed by atoms with van der Waals surface area (Å²) in [5.74, 6) is 1.12. The quantitative estimate of drug-likeness (QED) is 0.488. The first-order valence-corrected chi connectivity index (χ1v) is 11.7. The molecule has 1 fully saturated rings. The van der Waals surface area contributed by atoms with Gasteiger partial charge in [-0.05, 0) is 30.7 Å². The first-order chi connectivity index (χ1) is 16.5. The van der Waals surface area contributed by atoms with Gasteiger partial charge < -0.3 is 14.6 Å². The highest BCUT2D eigenvalue weighted by molar-refractivity contribution is 6.30. The fourth-order valence-corrected chi connectivity index (χ4v) is 4.06. The predicted molar refractivity (Wildman–Crippen MR) is 131 cm³/mol. The van der Waals surface area contributed by atoms with E-state index in [-0.39, 0.29) is 0 Å². The second-order valence-corrected chi connectivity index (χ2v) is 8.65. The topological polar surface area (TPSA) is 80.1 Å². The predicted octanol–water partition coefficient (Wildman–Crippen LogP) is 4.29. The van der Waals surface area contributed by atoms with Crippen molar-refractivity contribution in [2.75, 3.05) is 44.3 Å². The Hall–Kier alpha value is -3.07. The third kappa shape index (κ3) is 6.28. The van der Waals surface area contributed by atoms with Crippen LogP contribution in [0.4, 0.5) is 10.6 Å². The maximum Gasteiger partial charge on any atom is 0.413 e. The standard InChI is InChI=1S/C25H29ClN4O4/c1-19-15-24(29(25(31)32)10-9-28-11-13-33-14-12-28)27-30(19)17-21-16-22(26)7-8-23(21)34-18-20-5-3-2-4-6-20/h2-8,15-16H,9-14,17-18H2,1H3,(H,31,32). The van der Waals surface area contributed by atoms with Gasteiger partial charge in [0.15, 0.2) is 5.82 Å². The summed E-state index contributed by atoms with van der Waals surface area (Å²) in [5.41, 5.74) is 2.79. The van der Waals surface area contributed by atoms with Gasteiger partial charge in [-0.2, -0.15) is 5.10 Å². The average molecular weight is 485 g/mol. The number of rotatable bonds is 9. The molecule has 180 valence electrons. The number of aryl methyl sites for hydroxylation is 1. The summed E-state index contributed by atoms with van der Waals surface area (Å²) in [4.78, 5) is 15.5. The fourth-order valence-electron chi connectivity index (χ4n) is 3.87. The number of hydrogen-bond acceptors (Lipinski definition) is 5. The fraction of sp³-hybridized carbons (Fsp3) is 0.360. The van der Waals surface area contributed by atoms with E-state index in [1.807, 2.05) is 49.4 Å². The first kappa shape index (κ1) is 24.1. The van der Waals surface area contributed by atoms with E-state index < -0.39 is 6.09 Å². The highest BCUT2D eigenvalue weighted by atomic mass is 35.5. The van der Waals surface area contributed by atoms with Gasteiger partial charge in [-0.3, -0.25) is 14.5 Å². The molecule has 0 aliphatic carbocycles. The van der Waals surface area contributed by atoms with Crippen molar-refractivity contribution in [2.45, 2.75) is 20.1 Å². The van der Waals surface area contributed by atoms with Gasteiger partial charge in [0.2, 0.25) is 0 Å². The smallest absolute Gasteiger partial charge is 0.413 e. The highest BCUT2D eigenvalue weighted by Gasteiger charge is 2.21. The van der Waals surface area contributed by atoms with E-state index in [0.717, 1.165) is 29.9 Å². The number of carbonyl (C=O) groups is 1. The number of carboxylic acid groups (broad SMARTS) is 1. The Morgan fingerprint density at radius 2 is 1.94 bits per heavy atom. The van der Waals surface area contributed by atoms with Crippen molar-refractivity contribution in [2.24, 2.45) is 0 Å². The van der Waals surface area contributed by atoms with Crippen molar-refractivity contribution < 1.29 is 19.4 Å². The van der Waals surface area contributed by atoms with Crippen molar-refractivity contribution in [3.63, 3.8) is 0 Å². The number of amides is 1. The summed E-state index contributed by atoms with van der Waals surface area (Å²) >= 11 is 6.27. The Balaban J connectivity index is 1.48. The Bertz CT molecular complexity index is 1100. The molecule has 1 N–H and O–H groups in total. The summed E-state index contributed by atoms with van der Waals surface area (Å²) < 4.78 is 13.2. The molecule has 1 aliphatic heterocycles. The van der Waals surface area contributed by atoms with E-state index in [9.17, 15) is 9.90 Å². The van der Waals surface area contributed by atoms with Gasteiger partial charge in [-0.25, -0.2) is 4.79 Å². The molecule has 3 aromatic rings. The Labute approximate surface area is 204 Å². The van der Waals surface area contributed by atoms with Gasteiger partial charge in [0, 0.05) is 48.5 Å². The Kier molecular flexibility index (Phi) is 8.05. The zero-order valence-electron chi connectivity index (χ0n) is 19.2. The summed E-state index contributed by atoms with van der Waals surface area (Å²) in [6.07, 6.45) is -1.02. The summed E-state index contributed by atoms with van der Waals surface area (Å²) in [6, 6.07) is 17.2. The van der Waals surface area contributed by atoms with E-state index >= 15 is 0 Å². The van der Waals surface area contributed by atoms with Gasteiger partial charge in [-0.15, -0.1) is 0 Å². The molecule has 0 spiro atoms. The van der Waals surface area contributed by atoms with Crippen LogP contribution in [0.25, 0.3) is 0 Å². The van der Waals surface area contributed by atoms with Crippen LogP contribution in [0.2, 0.25) is 5.02 Å². The minimum absolute atomic E-state index is 0.342. The third-order valence-electron chi connectivity index (χ3n) is 5.80. The molecule has 1 amide bonds. The van der Waals surface area contributed by atoms with Crippen LogP contribution in [-0.2, 0) is 17.9 Å². The average Bonchev–Trinajstić information content (AvgIpc) is 3.19. The van der Waals surface area contributed by atoms with Crippen LogP contribution in [0.5, 0.6) is 5.75 Å². The van der Waals surface area contributed by atoms with Gasteiger partial charge >= 0.3 is 6.09 Å². The lowest BCUT2D eigenvalue weighted by atomic mass is 10.2.